The van der Waals surface area contributed by atoms with E-state index in [0.717, 1.165) is 0 Å². The highest BCUT2D eigenvalue weighted by molar-refractivity contribution is 6.45. The van der Waals surface area contributed by atoms with Gasteiger partial charge in [0.15, 0.2) is 5.75 Å². The lowest BCUT2D eigenvalue weighted by molar-refractivity contribution is -0.210. The van der Waals surface area contributed by atoms with Gasteiger partial charge >= 0.3 is 5.97 Å². The van der Waals surface area contributed by atoms with Crippen LogP contribution in [0.3, 0.4) is 0 Å². The molecule has 0 radical (unpaired) electrons. The van der Waals surface area contributed by atoms with Gasteiger partial charge in [0.05, 0.1) is 5.02 Å². The molecule has 9 heteroatoms. The lowest BCUT2D eigenvalue weighted by atomic mass is 10.1. The third kappa shape index (κ3) is 4.05. The maximum atomic E-state index is 12.7. The second-order valence-electron chi connectivity index (χ2n) is 4.56. The van der Waals surface area contributed by atoms with E-state index >= 15 is 0 Å². The van der Waals surface area contributed by atoms with E-state index in [4.69, 9.17) is 32.8 Å². The summed E-state index contributed by atoms with van der Waals surface area (Å²) in [4.78, 5) is 32.6. The molecule has 128 valence electrons. The molecule has 0 saturated carbocycles. The van der Waals surface area contributed by atoms with Crippen LogP contribution in [0.1, 0.15) is 29.9 Å². The van der Waals surface area contributed by atoms with Crippen LogP contribution in [-0.2, 0) is 21.1 Å². The van der Waals surface area contributed by atoms with E-state index in [1.165, 1.54) is 29.9 Å². The average molecular weight is 373 g/mol. The maximum absolute atomic E-state index is 12.7. The van der Waals surface area contributed by atoms with Crippen LogP contribution in [0.5, 0.6) is 5.75 Å². The van der Waals surface area contributed by atoms with Gasteiger partial charge < -0.3 is 4.74 Å². The number of hydrogen-bond donors (Lipinski definition) is 0. The normalized spacial score (nSPS) is 10.5. The molecule has 0 atom stereocenters. The second-order valence-corrected chi connectivity index (χ2v) is 5.32. The number of carbonyl (C=O) groups excluding carboxylic acids is 2. The van der Waals surface area contributed by atoms with Crippen LogP contribution >= 0.6 is 23.2 Å². The fourth-order valence-electron chi connectivity index (χ4n) is 1.82. The van der Waals surface area contributed by atoms with E-state index in [1.54, 1.807) is 6.07 Å². The van der Waals surface area contributed by atoms with Crippen molar-refractivity contribution in [3.63, 3.8) is 0 Å². The summed E-state index contributed by atoms with van der Waals surface area (Å²) in [6, 6.07) is 4.36. The second kappa shape index (κ2) is 8.14. The van der Waals surface area contributed by atoms with E-state index in [2.05, 4.69) is 9.99 Å². The molecule has 24 heavy (non-hydrogen) atoms. The van der Waals surface area contributed by atoms with E-state index < -0.39 is 5.97 Å². The van der Waals surface area contributed by atoms with Crippen LogP contribution in [0.2, 0.25) is 10.0 Å². The third-order valence-corrected chi connectivity index (χ3v) is 3.77. The van der Waals surface area contributed by atoms with Crippen molar-refractivity contribution in [3.8, 4) is 5.75 Å². The van der Waals surface area contributed by atoms with Gasteiger partial charge in [-0.2, -0.15) is 5.10 Å². The summed E-state index contributed by atoms with van der Waals surface area (Å²) < 4.78 is 6.67. The fourth-order valence-corrected chi connectivity index (χ4v) is 2.26. The molecule has 0 unspecified atom stereocenters. The highest BCUT2D eigenvalue weighted by atomic mass is 35.5. The number of aromatic nitrogens is 2. The summed E-state index contributed by atoms with van der Waals surface area (Å²) in [7, 11) is 0. The molecule has 2 rings (SSSR count). The van der Waals surface area contributed by atoms with Gasteiger partial charge in [-0.15, -0.1) is 0 Å². The summed E-state index contributed by atoms with van der Waals surface area (Å²) in [5.74, 6) is -1.00. The number of benzene rings is 1. The largest absolute Gasteiger partial charge is 0.360 e. The Balaban J connectivity index is 2.29. The van der Waals surface area contributed by atoms with Crippen LogP contribution in [0.15, 0.2) is 24.4 Å². The maximum Gasteiger partial charge on any atom is 0.352 e. The quantitative estimate of drug-likeness (QED) is 0.421. The van der Waals surface area contributed by atoms with Gasteiger partial charge in [-0.3, -0.25) is 14.6 Å². The van der Waals surface area contributed by atoms with Crippen LogP contribution in [-0.4, -0.2) is 28.1 Å². The smallest absolute Gasteiger partial charge is 0.352 e. The summed E-state index contributed by atoms with van der Waals surface area (Å²) in [5, 5.41) is 3.97. The zero-order chi connectivity index (χ0) is 17.7. The summed E-state index contributed by atoms with van der Waals surface area (Å²) >= 11 is 12.2. The zero-order valence-corrected chi connectivity index (χ0v) is 14.4. The Kier molecular flexibility index (Phi) is 6.19. The van der Waals surface area contributed by atoms with Gasteiger partial charge in [0.25, 0.3) is 0 Å². The van der Waals surface area contributed by atoms with Gasteiger partial charge in [-0.05, 0) is 25.1 Å². The Morgan fingerprint density at radius 2 is 1.96 bits per heavy atom. The first-order valence-electron chi connectivity index (χ1n) is 6.93. The molecular formula is C15H14Cl2N2O5. The lowest BCUT2D eigenvalue weighted by Crippen LogP contribution is -2.14. The molecule has 0 aliphatic heterocycles. The Labute approximate surface area is 147 Å². The van der Waals surface area contributed by atoms with Gasteiger partial charge in [0, 0.05) is 25.3 Å². The predicted molar refractivity (Wildman–Crippen MR) is 86.1 cm³/mol. The molecule has 7 nitrogen and oxygen atoms in total. The Hall–Kier alpha value is -2.09. The summed E-state index contributed by atoms with van der Waals surface area (Å²) in [5.41, 5.74) is 0.463. The van der Waals surface area contributed by atoms with Crippen molar-refractivity contribution < 1.29 is 24.1 Å². The van der Waals surface area contributed by atoms with Crippen molar-refractivity contribution in [2.75, 3.05) is 6.61 Å². The Morgan fingerprint density at radius 1 is 1.21 bits per heavy atom. The first-order chi connectivity index (χ1) is 11.5. The molecule has 1 aromatic heterocycles. The van der Waals surface area contributed by atoms with Crippen molar-refractivity contribution in [1.29, 1.82) is 0 Å². The molecular weight excluding hydrogens is 359 g/mol. The first-order valence-corrected chi connectivity index (χ1v) is 7.68. The number of ketones is 1. The average Bonchev–Trinajstić information content (AvgIpc) is 3.02. The number of hydrogen-bond acceptors (Lipinski definition) is 6. The number of ether oxygens (including phenoxy) is 1. The monoisotopic (exact) mass is 372 g/mol. The topological polar surface area (TPSA) is 79.7 Å². The molecule has 0 spiro atoms. The van der Waals surface area contributed by atoms with Crippen molar-refractivity contribution in [2.24, 2.45) is 0 Å². The van der Waals surface area contributed by atoms with Crippen molar-refractivity contribution in [3.05, 3.63) is 45.7 Å². The molecule has 0 saturated heterocycles. The van der Waals surface area contributed by atoms with Crippen molar-refractivity contribution in [2.45, 2.75) is 20.6 Å². The molecule has 0 bridgehead atoms. The fraction of sp³-hybridized carbons (Fsp3) is 0.267. The predicted octanol–water partition coefficient (Wildman–Crippen LogP) is 3.27. The number of nitrogens with zero attached hydrogens (tertiary/aromatic N) is 2. The molecule has 1 heterocycles. The highest BCUT2D eigenvalue weighted by Crippen LogP contribution is 2.35. The lowest BCUT2D eigenvalue weighted by Gasteiger charge is -2.10. The standard InChI is InChI=1S/C15H14Cl2N2O5/c1-3-22-8-19-11(6-7-18-19)15(21)10-4-5-12(14(17)13(10)16)24-23-9(2)20/h4-7H,3,8H2,1-2H3. The van der Waals surface area contributed by atoms with Crippen molar-refractivity contribution >= 4 is 35.0 Å². The molecule has 0 N–H and O–H groups in total. The van der Waals surface area contributed by atoms with Crippen LogP contribution < -0.4 is 4.89 Å². The zero-order valence-electron chi connectivity index (χ0n) is 12.9. The number of halogens is 2. The molecule has 0 aliphatic rings. The molecule has 0 amide bonds. The SMILES string of the molecule is CCOCn1nccc1C(=O)c1ccc(OOC(C)=O)c(Cl)c1Cl. The van der Waals surface area contributed by atoms with E-state index in [0.29, 0.717) is 12.3 Å². The number of rotatable bonds is 7. The molecule has 2 aromatic rings. The van der Waals surface area contributed by atoms with Gasteiger partial charge in [0.1, 0.15) is 17.4 Å². The number of carbonyl (C=O) groups is 2. The molecule has 1 aromatic carbocycles. The minimum Gasteiger partial charge on any atom is -0.360 e. The van der Waals surface area contributed by atoms with Gasteiger partial charge in [0.2, 0.25) is 5.78 Å². The Morgan fingerprint density at radius 3 is 2.62 bits per heavy atom. The highest BCUT2D eigenvalue weighted by Gasteiger charge is 2.21. The van der Waals surface area contributed by atoms with E-state index in [-0.39, 0.29) is 33.9 Å². The Bertz CT molecular complexity index is 760. The summed E-state index contributed by atoms with van der Waals surface area (Å²) in [6.07, 6.45) is 1.49. The van der Waals surface area contributed by atoms with Crippen molar-refractivity contribution in [1.82, 2.24) is 9.78 Å². The molecule has 0 aliphatic carbocycles. The van der Waals surface area contributed by atoms with Crippen LogP contribution in [0, 0.1) is 0 Å². The van der Waals surface area contributed by atoms with Crippen LogP contribution in [0.4, 0.5) is 0 Å². The van der Waals surface area contributed by atoms with E-state index in [9.17, 15) is 9.59 Å². The first kappa shape index (κ1) is 18.3. The molecule has 0 fully saturated rings. The minimum atomic E-state index is -0.651. The third-order valence-electron chi connectivity index (χ3n) is 2.91. The van der Waals surface area contributed by atoms with Crippen LogP contribution in [0.25, 0.3) is 0 Å². The minimum absolute atomic E-state index is 0.0181. The van der Waals surface area contributed by atoms with Gasteiger partial charge in [-0.1, -0.05) is 23.2 Å². The van der Waals surface area contributed by atoms with E-state index in [1.807, 2.05) is 6.92 Å². The van der Waals surface area contributed by atoms with Gasteiger partial charge in [-0.25, -0.2) is 9.48 Å². The summed E-state index contributed by atoms with van der Waals surface area (Å²) in [6.45, 7) is 3.64.